The molecule has 0 radical (unpaired) electrons. The molecule has 1 N–H and O–H groups in total. The zero-order valence-corrected chi connectivity index (χ0v) is 56.9. The minimum atomic E-state index is -0.573. The summed E-state index contributed by atoms with van der Waals surface area (Å²) in [5, 5.41) is 3.57. The fourth-order valence-electron chi connectivity index (χ4n) is 13.2. The Labute approximate surface area is 536 Å². The van der Waals surface area contributed by atoms with Gasteiger partial charge in [0.1, 0.15) is 17.1 Å². The largest absolute Gasteiger partial charge is 0.444 e. The van der Waals surface area contributed by atoms with Crippen LogP contribution in [0.4, 0.5) is 21.0 Å². The van der Waals surface area contributed by atoms with Crippen molar-refractivity contribution in [3.63, 3.8) is 0 Å². The number of fused-ring (bicyclic) bond motifs is 2. The summed E-state index contributed by atoms with van der Waals surface area (Å²) < 4.78 is 22.7. The molecule has 0 aliphatic carbocycles. The number of carbonyl (C=O) groups excluding carboxylic acids is 4. The average Bonchev–Trinajstić information content (AvgIpc) is 1.68. The number of ether oxygens (including phenoxy) is 4. The van der Waals surface area contributed by atoms with Gasteiger partial charge in [-0.05, 0) is 130 Å². The fourth-order valence-corrected chi connectivity index (χ4v) is 13.3. The van der Waals surface area contributed by atoms with Gasteiger partial charge in [-0.25, -0.2) is 9.59 Å². The van der Waals surface area contributed by atoms with E-state index in [1.807, 2.05) is 112 Å². The Kier molecular flexibility index (Phi) is 22.7. The quantitative estimate of drug-likeness (QED) is 0.141. The monoisotopic (exact) mass is 1250 g/mol. The number of pyridine rings is 2. The van der Waals surface area contributed by atoms with Crippen LogP contribution in [0.5, 0.6) is 0 Å². The Morgan fingerprint density at radius 1 is 0.573 bits per heavy atom. The Hall–Kier alpha value is -5.73. The van der Waals surface area contributed by atoms with Gasteiger partial charge in [0.25, 0.3) is 0 Å². The third-order valence-corrected chi connectivity index (χ3v) is 18.0. The fraction of sp³-hybridized carbons (Fsp3) is 0.629. The highest BCUT2D eigenvalue weighted by atomic mass is 35.5. The molecule has 4 aromatic rings. The van der Waals surface area contributed by atoms with Gasteiger partial charge < -0.3 is 43.9 Å². The van der Waals surface area contributed by atoms with Gasteiger partial charge in [-0.2, -0.15) is 0 Å². The molecule has 0 spiro atoms. The van der Waals surface area contributed by atoms with E-state index >= 15 is 0 Å². The number of piperazine rings is 2. The van der Waals surface area contributed by atoms with Crippen molar-refractivity contribution in [2.45, 2.75) is 194 Å². The number of nitrogens with one attached hydrogen (secondary N) is 1. The summed E-state index contributed by atoms with van der Waals surface area (Å²) in [4.78, 5) is 76.2. The summed E-state index contributed by atoms with van der Waals surface area (Å²) in [6, 6.07) is 26.5. The summed E-state index contributed by atoms with van der Waals surface area (Å²) in [6.45, 7) is 41.5. The topological polar surface area (TPSA) is 166 Å². The zero-order chi connectivity index (χ0) is 64.8. The molecule has 2 aromatic carbocycles. The Balaban J connectivity index is 0.000000191. The Bertz CT molecular complexity index is 3010. The number of alkyl halides is 1. The van der Waals surface area contributed by atoms with Crippen molar-refractivity contribution in [2.75, 3.05) is 101 Å². The number of hydrogen-bond donors (Lipinski definition) is 1. The van der Waals surface area contributed by atoms with Gasteiger partial charge in [-0.1, -0.05) is 88.4 Å². The molecule has 18 nitrogen and oxygen atoms in total. The number of halogens is 1. The zero-order valence-electron chi connectivity index (χ0n) is 56.2. The summed E-state index contributed by atoms with van der Waals surface area (Å²) in [5.41, 5.74) is 7.02. The van der Waals surface area contributed by atoms with Crippen LogP contribution in [0, 0.1) is 0 Å². The van der Waals surface area contributed by atoms with Gasteiger partial charge in [0.05, 0.1) is 55.7 Å². The number of rotatable bonds is 11. The van der Waals surface area contributed by atoms with E-state index in [1.54, 1.807) is 4.90 Å². The third kappa shape index (κ3) is 18.1. The third-order valence-electron chi connectivity index (χ3n) is 17.8. The summed E-state index contributed by atoms with van der Waals surface area (Å²) >= 11 is 5.75. The highest BCUT2D eigenvalue weighted by Gasteiger charge is 2.44. The molecule has 488 valence electrons. The molecule has 0 saturated carbocycles. The predicted octanol–water partition coefficient (Wildman–Crippen LogP) is 9.94. The van der Waals surface area contributed by atoms with Crippen molar-refractivity contribution < 1.29 is 38.1 Å². The standard InChI is InChI=1S/C35H51N5O4.C18H19ClN2O.C17H33N3O3/c1-24-17-37(29(18-38-25(2)21-43-22-26(38)3)19-39(24)33(42)44-34(4,5)6)20-31(41)40-23-35(7,8)32-30(40)15-28(16-36-32)14-27-12-10-9-11-13-27;1-18(2)12-21(16(22)10-19)15-9-14(11-20-17(15)18)8-13-6-4-3-5-7-13;1-12-7-18-15(8-19-13(2)10-22-11-14(19)3)9-20(12)16(21)23-17(4,5)6/h9-13,15-16,24-26,29H,14,17-23H2,1-8H3;3-7,9,11H,8,10,12H2,1-2H3;12-15,18H,7-11H2,1-6H3/t24-,25-,26-,29+;;12-,13-,14-,15+/m1.1/s1. The molecule has 89 heavy (non-hydrogen) atoms. The number of amides is 4. The van der Waals surface area contributed by atoms with Crippen molar-refractivity contribution in [2.24, 2.45) is 0 Å². The summed E-state index contributed by atoms with van der Waals surface area (Å²) in [6.07, 6.45) is 4.95. The van der Waals surface area contributed by atoms with Gasteiger partial charge in [0, 0.05) is 124 Å². The SMILES string of the molecule is CC1(C)CN(C(=O)CCl)c2cc(Cc3ccccc3)cnc21.C[C@@H]1CN(CC(=O)N2CC(C)(C)c3ncc(Cc4ccccc4)cc32)[C@@H](CN2[C@H](C)COC[C@H]2C)CN1C(=O)OC(C)(C)C.C[C@@H]1CN[C@@H](CN2[C@H](C)COC[C@H]2C)CN1C(=O)OC(C)(C)C. The molecule has 2 aromatic heterocycles. The van der Waals surface area contributed by atoms with Crippen LogP contribution in [0.2, 0.25) is 0 Å². The van der Waals surface area contributed by atoms with Gasteiger partial charge in [-0.15, -0.1) is 11.6 Å². The predicted molar refractivity (Wildman–Crippen MR) is 353 cm³/mol. The van der Waals surface area contributed by atoms with Crippen LogP contribution >= 0.6 is 11.6 Å². The van der Waals surface area contributed by atoms with Crippen LogP contribution in [0.1, 0.15) is 144 Å². The first-order chi connectivity index (χ1) is 41.9. The smallest absolute Gasteiger partial charge is 0.410 e. The lowest BCUT2D eigenvalue weighted by atomic mass is 9.91. The van der Waals surface area contributed by atoms with E-state index in [4.69, 9.17) is 35.5 Å². The lowest BCUT2D eigenvalue weighted by molar-refractivity contribution is -0.122. The normalized spacial score (nSPS) is 25.4. The lowest BCUT2D eigenvalue weighted by Crippen LogP contribution is -2.65. The highest BCUT2D eigenvalue weighted by Crippen LogP contribution is 2.41. The molecule has 19 heteroatoms. The number of anilines is 2. The van der Waals surface area contributed by atoms with Crippen molar-refractivity contribution in [1.29, 1.82) is 0 Å². The second-order valence-electron chi connectivity index (χ2n) is 29.1. The van der Waals surface area contributed by atoms with Crippen LogP contribution in [0.3, 0.4) is 0 Å². The second kappa shape index (κ2) is 29.3. The number of morpholine rings is 2. The number of carbonyl (C=O) groups is 4. The van der Waals surface area contributed by atoms with Crippen LogP contribution in [-0.4, -0.2) is 209 Å². The molecular formula is C70H103ClN10O8. The Morgan fingerprint density at radius 2 is 1.00 bits per heavy atom. The summed E-state index contributed by atoms with van der Waals surface area (Å²) in [7, 11) is 0. The maximum atomic E-state index is 14.2. The van der Waals surface area contributed by atoms with E-state index in [1.165, 1.54) is 11.1 Å². The maximum Gasteiger partial charge on any atom is 0.410 e. The van der Waals surface area contributed by atoms with E-state index < -0.39 is 11.2 Å². The first kappa shape index (κ1) is 69.2. The molecule has 6 aliphatic heterocycles. The number of aromatic nitrogens is 2. The minimum absolute atomic E-state index is 0.00155. The average molecular weight is 1250 g/mol. The van der Waals surface area contributed by atoms with Gasteiger partial charge in [0.15, 0.2) is 0 Å². The molecule has 10 rings (SSSR count). The van der Waals surface area contributed by atoms with Crippen molar-refractivity contribution in [3.05, 3.63) is 119 Å². The van der Waals surface area contributed by atoms with E-state index in [0.29, 0.717) is 58.0 Å². The molecule has 0 bridgehead atoms. The highest BCUT2D eigenvalue weighted by molar-refractivity contribution is 6.29. The van der Waals surface area contributed by atoms with E-state index in [0.717, 1.165) is 79.6 Å². The van der Waals surface area contributed by atoms with E-state index in [2.05, 4.69) is 124 Å². The van der Waals surface area contributed by atoms with Crippen LogP contribution in [0.25, 0.3) is 0 Å². The molecule has 8 heterocycles. The second-order valence-corrected chi connectivity index (χ2v) is 29.4. The van der Waals surface area contributed by atoms with E-state index in [9.17, 15) is 19.2 Å². The molecule has 4 saturated heterocycles. The number of nitrogens with zero attached hydrogens (tertiary/aromatic N) is 9. The maximum absolute atomic E-state index is 14.2. The van der Waals surface area contributed by atoms with Gasteiger partial charge >= 0.3 is 12.2 Å². The minimum Gasteiger partial charge on any atom is -0.444 e. The van der Waals surface area contributed by atoms with Crippen molar-refractivity contribution in [3.8, 4) is 0 Å². The molecule has 6 aliphatic rings. The number of benzene rings is 2. The van der Waals surface area contributed by atoms with Crippen molar-refractivity contribution in [1.82, 2.24) is 39.8 Å². The van der Waals surface area contributed by atoms with Crippen LogP contribution < -0.4 is 15.1 Å². The molecule has 8 atom stereocenters. The summed E-state index contributed by atoms with van der Waals surface area (Å²) in [5.74, 6) is 0.00644. The van der Waals surface area contributed by atoms with Gasteiger partial charge in [-0.3, -0.25) is 34.3 Å². The molecule has 0 unspecified atom stereocenters. The van der Waals surface area contributed by atoms with Gasteiger partial charge in [0.2, 0.25) is 11.8 Å². The van der Waals surface area contributed by atoms with Crippen molar-refractivity contribution >= 4 is 47.0 Å². The van der Waals surface area contributed by atoms with E-state index in [-0.39, 0.29) is 83.5 Å². The molecular weight excluding hydrogens is 1140 g/mol. The van der Waals surface area contributed by atoms with Crippen LogP contribution in [-0.2, 0) is 52.2 Å². The van der Waals surface area contributed by atoms with Crippen LogP contribution in [0.15, 0.2) is 85.2 Å². The lowest BCUT2D eigenvalue weighted by Gasteiger charge is -2.48. The first-order valence-electron chi connectivity index (χ1n) is 32.3. The Morgan fingerprint density at radius 3 is 1.44 bits per heavy atom. The number of hydrogen-bond acceptors (Lipinski definition) is 14. The first-order valence-corrected chi connectivity index (χ1v) is 32.8. The molecule has 4 amide bonds. The molecule has 4 fully saturated rings.